The molecule has 0 aliphatic heterocycles. The minimum atomic E-state index is -0.760. The Labute approximate surface area is 285 Å². The first-order valence-electron chi connectivity index (χ1n) is 15.8. The number of aliphatic hydroxyl groups excluding tert-OH is 7. The molecule has 0 saturated heterocycles. The first-order valence-corrected chi connectivity index (χ1v) is 15.8. The second-order valence-corrected chi connectivity index (χ2v) is 10.7. The molecule has 302 valence electrons. The van der Waals surface area contributed by atoms with E-state index in [4.69, 9.17) is 59.1 Å². The third-order valence-electron chi connectivity index (χ3n) is 6.57. The van der Waals surface area contributed by atoms with Gasteiger partial charge in [0, 0.05) is 70.3 Å². The minimum Gasteiger partial charge on any atom is -0.555 e. The fourth-order valence-electron chi connectivity index (χ4n) is 4.45. The van der Waals surface area contributed by atoms with E-state index < -0.39 is 12.2 Å². The Morgan fingerprint density at radius 2 is 0.679 bits per heavy atom. The van der Waals surface area contributed by atoms with E-state index >= 15 is 0 Å². The van der Waals surface area contributed by atoms with Crippen molar-refractivity contribution in [3.63, 3.8) is 0 Å². The fourth-order valence-corrected chi connectivity index (χ4v) is 4.45. The van der Waals surface area contributed by atoms with Gasteiger partial charge in [-0.25, -0.2) is 35.5 Å². The molecule has 53 heavy (non-hydrogen) atoms. The van der Waals surface area contributed by atoms with Crippen LogP contribution in [0.4, 0.5) is 0 Å². The van der Waals surface area contributed by atoms with Crippen LogP contribution in [-0.2, 0) is 33.2 Å². The summed E-state index contributed by atoms with van der Waals surface area (Å²) in [5.74, 6) is 0. The molecule has 0 amide bonds. The molecule has 0 saturated carbocycles. The Hall–Kier alpha value is -6.56. The third kappa shape index (κ3) is 45.4. The summed E-state index contributed by atoms with van der Waals surface area (Å²) in [5.41, 5.74) is -0.371. The van der Waals surface area contributed by atoms with Crippen molar-refractivity contribution in [3.8, 4) is 0 Å². The molecule has 0 aliphatic rings. The van der Waals surface area contributed by atoms with Crippen molar-refractivity contribution in [2.24, 2.45) is 10.8 Å². The zero-order valence-corrected chi connectivity index (χ0v) is 71.6. The Bertz CT molecular complexity index is 522. The maximum Gasteiger partial charge on any atom is 0.101 e. The molecule has 0 bridgehead atoms. The number of ether oxygens (including phenoxy) is 7. The summed E-state index contributed by atoms with van der Waals surface area (Å²) in [6, 6.07) is 0. The van der Waals surface area contributed by atoms with Crippen molar-refractivity contribution in [1.82, 2.24) is 0 Å². The van der Waals surface area contributed by atoms with Crippen LogP contribution in [0, 0.1) is 53.3 Å². The van der Waals surface area contributed by atoms with Crippen LogP contribution < -0.4 is 0 Å². The largest absolute Gasteiger partial charge is 0.555 e. The molecule has 2 atom stereocenters. The number of aliphatic hydroxyl groups is 7. The van der Waals surface area contributed by atoms with E-state index in [1.165, 1.54) is 0 Å². The predicted octanol–water partition coefficient (Wildman–Crippen LogP) is 1.65. The normalized spacial score (nSPS) is 11.2. The van der Waals surface area contributed by atoms with Gasteiger partial charge in [0.2, 0.25) is 0 Å². The van der Waals surface area contributed by atoms with Gasteiger partial charge >= 0.3 is 0 Å². The molecular weight excluding hydrogens is 2220 g/mol. The van der Waals surface area contributed by atoms with E-state index in [9.17, 15) is 5.11 Å². The summed E-state index contributed by atoms with van der Waals surface area (Å²) in [6.45, 7) is 7.89. The van der Waals surface area contributed by atoms with Gasteiger partial charge in [0.05, 0.1) is 39.1 Å². The molecule has 0 rings (SSSR count). The van der Waals surface area contributed by atoms with Crippen LogP contribution in [0.2, 0.25) is 0 Å². The average Bonchev–Trinajstić information content (AvgIpc) is 3.07. The number of hydrogen-bond donors (Lipinski definition) is 7. The molecule has 0 radical (unpaired) electrons. The second-order valence-electron chi connectivity index (χ2n) is 10.7. The van der Waals surface area contributed by atoms with E-state index in [1.807, 2.05) is 0 Å². The van der Waals surface area contributed by atoms with Gasteiger partial charge < -0.3 is 75.8 Å². The van der Waals surface area contributed by atoms with Crippen LogP contribution in [0.3, 0.4) is 0 Å². The first kappa shape index (κ1) is 72.2. The smallest absolute Gasteiger partial charge is 0.101 e. The van der Waals surface area contributed by atoms with Gasteiger partial charge in [0.25, 0.3) is 0 Å². The minimum absolute atomic E-state index is 0. The van der Waals surface area contributed by atoms with E-state index in [2.05, 4.69) is 47.2 Å². The van der Waals surface area contributed by atoms with Gasteiger partial charge in [-0.3, -0.25) is 0 Å². The Kier molecular flexibility index (Phi) is 74.8. The average molecular weight is 2290 g/mol. The van der Waals surface area contributed by atoms with Crippen LogP contribution in [0.15, 0.2) is 0 Å². The quantitative estimate of drug-likeness (QED) is 0.0404. The van der Waals surface area contributed by atoms with E-state index in [0.717, 1.165) is 25.7 Å². The molecule has 0 fully saturated rings. The monoisotopic (exact) mass is 2290 g/mol. The fraction of sp³-hybridized carbons (Fsp3) is 0.818. The van der Waals surface area contributed by atoms with Crippen molar-refractivity contribution < 1.29 is 68.9 Å². The Morgan fingerprint density at radius 3 is 0.906 bits per heavy atom. The van der Waals surface area contributed by atoms with Crippen molar-refractivity contribution in [1.29, 1.82) is 0 Å². The van der Waals surface area contributed by atoms with Crippen molar-refractivity contribution in [3.05, 3.63) is 42.5 Å². The van der Waals surface area contributed by atoms with Crippen LogP contribution in [0.5, 0.6) is 0 Å². The van der Waals surface area contributed by atoms with E-state index in [1.54, 1.807) is 6.92 Å². The van der Waals surface area contributed by atoms with Gasteiger partial charge in [-0.05, 0) is 51.4 Å². The van der Waals surface area contributed by atoms with Crippen molar-refractivity contribution in [2.45, 2.75) is 70.5 Å². The summed E-state index contributed by atoms with van der Waals surface area (Å²) in [6.07, 6.45) is 4.41. The zero-order chi connectivity index (χ0) is 36.7. The third-order valence-corrected chi connectivity index (χ3v) is 6.57. The molecule has 0 aromatic carbocycles. The van der Waals surface area contributed by atoms with Crippen LogP contribution in [0.1, 0.15) is 58.3 Å². The molecule has 0 spiro atoms. The summed E-state index contributed by atoms with van der Waals surface area (Å²) in [7, 11) is 16.6. The topological polar surface area (TPSA) is 206 Å². The van der Waals surface area contributed by atoms with Gasteiger partial charge in [-0.15, -0.1) is 0 Å². The molecular formula is C33H68O14Rf6-6. The van der Waals surface area contributed by atoms with Gasteiger partial charge in [0.1, 0.15) is 6.10 Å². The van der Waals surface area contributed by atoms with Crippen LogP contribution in [0.25, 0.3) is 0 Å². The summed E-state index contributed by atoms with van der Waals surface area (Å²) in [5, 5.41) is 62.1. The van der Waals surface area contributed by atoms with E-state index in [0.29, 0.717) is 52.1 Å². The maximum absolute atomic E-state index is 9.26. The molecule has 0 aliphatic carbocycles. The summed E-state index contributed by atoms with van der Waals surface area (Å²) in [4.78, 5) is 0. The summed E-state index contributed by atoms with van der Waals surface area (Å²) < 4.78 is 34.0. The molecule has 0 aromatic rings. The molecule has 7 N–H and O–H groups in total. The van der Waals surface area contributed by atoms with Gasteiger partial charge in [-0.2, -0.15) is 6.92 Å². The predicted molar refractivity (Wildman–Crippen MR) is 178 cm³/mol. The SMILES string of the molecule is [CH2-]C.[CH2-]OCC(CCCO)(CCCO)CO[CH2-].[CH2-]OCC(CCCO)(CCCO)CO[CH2-].[CH2-]OCC(O)COCC(O)COCCO.[Rf].[Rf].[Rf].[Rf].[Rf].[Rf]. The van der Waals surface area contributed by atoms with Crippen molar-refractivity contribution in [2.75, 3.05) is 92.5 Å². The van der Waals surface area contributed by atoms with E-state index in [-0.39, 0.29) is 76.9 Å². The van der Waals surface area contributed by atoms with Gasteiger partial charge in [-0.1, -0.05) is 0 Å². The van der Waals surface area contributed by atoms with Crippen LogP contribution >= 0.6 is 0 Å². The maximum atomic E-state index is 9.26. The first-order chi connectivity index (χ1) is 22.7. The van der Waals surface area contributed by atoms with Gasteiger partial charge in [0.15, 0.2) is 0 Å². The second kappa shape index (κ2) is 54.9. The standard InChI is InChI=1S/2C11H22O4.C9H19O6.C2H5.6Rf/c2*1-14-9-11(10-15-2,5-3-7-12)6-4-8-13;1-13-4-8(11)6-15-7-9(12)5-14-3-2-10;1-2;;;;;;/h2*12-13H,1-10H2;8-12H,1-7H2;1H2,2H3;;;;;;/q2*-2;2*-1;;;;;;. The molecule has 2 unspecified atom stereocenters. The molecule has 0 aromatic heterocycles. The Morgan fingerprint density at radius 1 is 0.415 bits per heavy atom. The van der Waals surface area contributed by atoms with Crippen LogP contribution in [-0.4, -0.2) is 140 Å². The van der Waals surface area contributed by atoms with Crippen molar-refractivity contribution >= 4 is 0 Å². The number of hydrogen-bond acceptors (Lipinski definition) is 14. The summed E-state index contributed by atoms with van der Waals surface area (Å²) >= 11 is 0. The number of rotatable bonds is 30. The zero-order valence-electron chi connectivity index (χ0n) is 33.2. The Balaban J connectivity index is -0.0000000605. The molecule has 20 heteroatoms. The molecule has 14 nitrogen and oxygen atoms in total. The molecule has 0 heterocycles.